The van der Waals surface area contributed by atoms with Gasteiger partial charge in [-0.25, -0.2) is 0 Å². The molecule has 1 aliphatic carbocycles. The van der Waals surface area contributed by atoms with E-state index in [1.54, 1.807) is 0 Å². The average molecular weight is 310 g/mol. The molecule has 0 aromatic heterocycles. The first-order chi connectivity index (χ1) is 8.58. The quantitative estimate of drug-likeness (QED) is 0.879. The second-order valence-electron chi connectivity index (χ2n) is 5.36. The highest BCUT2D eigenvalue weighted by atomic mass is 79.9. The van der Waals surface area contributed by atoms with E-state index in [1.807, 2.05) is 24.3 Å². The van der Waals surface area contributed by atoms with E-state index in [0.717, 1.165) is 16.5 Å². The first-order valence-electron chi connectivity index (χ1n) is 6.64. The molecule has 3 atom stereocenters. The van der Waals surface area contributed by atoms with E-state index in [2.05, 4.69) is 35.1 Å². The van der Waals surface area contributed by atoms with Gasteiger partial charge in [0.2, 0.25) is 0 Å². The minimum absolute atomic E-state index is 0.0438. The molecular formula is C15H20BrNO. The highest BCUT2D eigenvalue weighted by Gasteiger charge is 2.28. The molecule has 0 heterocycles. The van der Waals surface area contributed by atoms with Gasteiger partial charge < -0.3 is 5.32 Å². The molecule has 1 aromatic rings. The van der Waals surface area contributed by atoms with Crippen LogP contribution in [0, 0.1) is 11.8 Å². The van der Waals surface area contributed by atoms with Gasteiger partial charge in [-0.05, 0) is 36.5 Å². The van der Waals surface area contributed by atoms with Crippen molar-refractivity contribution < 1.29 is 4.79 Å². The highest BCUT2D eigenvalue weighted by molar-refractivity contribution is 9.10. The fourth-order valence-corrected chi connectivity index (χ4v) is 3.07. The smallest absolute Gasteiger partial charge is 0.251 e. The highest BCUT2D eigenvalue weighted by Crippen LogP contribution is 2.29. The summed E-state index contributed by atoms with van der Waals surface area (Å²) in [7, 11) is 0. The van der Waals surface area contributed by atoms with Gasteiger partial charge in [0.05, 0.1) is 0 Å². The predicted octanol–water partition coefficient (Wildman–Crippen LogP) is 4.00. The number of amides is 1. The Bertz CT molecular complexity index is 432. The summed E-state index contributed by atoms with van der Waals surface area (Å²) in [5.74, 6) is 1.31. The maximum absolute atomic E-state index is 12.2. The van der Waals surface area contributed by atoms with Crippen molar-refractivity contribution in [3.8, 4) is 0 Å². The Morgan fingerprint density at radius 1 is 1.33 bits per heavy atom. The van der Waals surface area contributed by atoms with Crippen molar-refractivity contribution in [1.82, 2.24) is 5.32 Å². The molecule has 2 nitrogen and oxygen atoms in total. The maximum atomic E-state index is 12.2. The molecule has 3 heteroatoms. The number of rotatable bonds is 2. The first-order valence-corrected chi connectivity index (χ1v) is 7.43. The van der Waals surface area contributed by atoms with Crippen LogP contribution in [0.1, 0.15) is 43.5 Å². The molecular weight excluding hydrogens is 290 g/mol. The van der Waals surface area contributed by atoms with E-state index in [9.17, 15) is 4.79 Å². The number of hydrogen-bond donors (Lipinski definition) is 1. The Balaban J connectivity index is 2.03. The van der Waals surface area contributed by atoms with E-state index in [4.69, 9.17) is 0 Å². The SMILES string of the molecule is C[C@@H]1[C@@H](C)CCC[C@H]1NC(=O)c1cccc(Br)c1. The van der Waals surface area contributed by atoms with E-state index < -0.39 is 0 Å². The van der Waals surface area contributed by atoms with Gasteiger partial charge in [0.15, 0.2) is 0 Å². The van der Waals surface area contributed by atoms with Gasteiger partial charge in [-0.3, -0.25) is 4.79 Å². The molecule has 1 aromatic carbocycles. The molecule has 2 rings (SSSR count). The molecule has 1 aliphatic rings. The van der Waals surface area contributed by atoms with Crippen LogP contribution < -0.4 is 5.32 Å². The van der Waals surface area contributed by atoms with Gasteiger partial charge in [0.1, 0.15) is 0 Å². The minimum Gasteiger partial charge on any atom is -0.349 e. The summed E-state index contributed by atoms with van der Waals surface area (Å²) < 4.78 is 0.945. The fraction of sp³-hybridized carbons (Fsp3) is 0.533. The van der Waals surface area contributed by atoms with E-state index in [-0.39, 0.29) is 5.91 Å². The summed E-state index contributed by atoms with van der Waals surface area (Å²) in [6.45, 7) is 4.53. The number of carbonyl (C=O) groups excluding carboxylic acids is 1. The third-order valence-corrected chi connectivity index (χ3v) is 4.60. The molecule has 0 aliphatic heterocycles. The van der Waals surface area contributed by atoms with Crippen LogP contribution in [-0.4, -0.2) is 11.9 Å². The van der Waals surface area contributed by atoms with Crippen LogP contribution in [-0.2, 0) is 0 Å². The van der Waals surface area contributed by atoms with Crippen molar-refractivity contribution in [3.05, 3.63) is 34.3 Å². The number of hydrogen-bond acceptors (Lipinski definition) is 1. The standard InChI is InChI=1S/C15H20BrNO/c1-10-5-3-8-14(11(10)2)17-15(18)12-6-4-7-13(16)9-12/h4,6-7,9-11,14H,3,5,8H2,1-2H3,(H,17,18)/t10-,11+,14+/m0/s1. The van der Waals surface area contributed by atoms with Crippen LogP contribution in [0.15, 0.2) is 28.7 Å². The number of halogens is 1. The Morgan fingerprint density at radius 2 is 2.11 bits per heavy atom. The molecule has 0 radical (unpaired) electrons. The summed E-state index contributed by atoms with van der Waals surface area (Å²) in [4.78, 5) is 12.2. The lowest BCUT2D eigenvalue weighted by atomic mass is 9.78. The van der Waals surface area contributed by atoms with Gasteiger partial charge in [0, 0.05) is 16.1 Å². The molecule has 1 N–H and O–H groups in total. The molecule has 0 bridgehead atoms. The molecule has 0 unspecified atom stereocenters. The second kappa shape index (κ2) is 5.87. The predicted molar refractivity (Wildman–Crippen MR) is 77.6 cm³/mol. The van der Waals surface area contributed by atoms with Gasteiger partial charge in [-0.2, -0.15) is 0 Å². The molecule has 0 spiro atoms. The molecule has 18 heavy (non-hydrogen) atoms. The third kappa shape index (κ3) is 3.14. The van der Waals surface area contributed by atoms with Crippen molar-refractivity contribution in [2.75, 3.05) is 0 Å². The largest absolute Gasteiger partial charge is 0.349 e. The minimum atomic E-state index is 0.0438. The van der Waals surface area contributed by atoms with Crippen molar-refractivity contribution >= 4 is 21.8 Å². The molecule has 1 fully saturated rings. The lowest BCUT2D eigenvalue weighted by molar-refractivity contribution is 0.0891. The maximum Gasteiger partial charge on any atom is 0.251 e. The average Bonchev–Trinajstić information content (AvgIpc) is 2.35. The van der Waals surface area contributed by atoms with Gasteiger partial charge >= 0.3 is 0 Å². The lowest BCUT2D eigenvalue weighted by Crippen LogP contribution is -2.43. The van der Waals surface area contributed by atoms with Crippen molar-refractivity contribution in [1.29, 1.82) is 0 Å². The van der Waals surface area contributed by atoms with Crippen LogP contribution in [0.25, 0.3) is 0 Å². The summed E-state index contributed by atoms with van der Waals surface area (Å²) in [5, 5.41) is 3.18. The number of carbonyl (C=O) groups is 1. The topological polar surface area (TPSA) is 29.1 Å². The zero-order valence-corrected chi connectivity index (χ0v) is 12.5. The zero-order chi connectivity index (χ0) is 13.1. The fourth-order valence-electron chi connectivity index (χ4n) is 2.67. The number of benzene rings is 1. The summed E-state index contributed by atoms with van der Waals surface area (Å²) in [6.07, 6.45) is 3.60. The van der Waals surface area contributed by atoms with E-state index in [0.29, 0.717) is 17.9 Å². The van der Waals surface area contributed by atoms with Gasteiger partial charge in [0.25, 0.3) is 5.91 Å². The summed E-state index contributed by atoms with van der Waals surface area (Å²) >= 11 is 3.40. The van der Waals surface area contributed by atoms with Gasteiger partial charge in [-0.15, -0.1) is 0 Å². The molecule has 1 saturated carbocycles. The normalized spacial score (nSPS) is 27.8. The van der Waals surface area contributed by atoms with Crippen LogP contribution in [0.5, 0.6) is 0 Å². The lowest BCUT2D eigenvalue weighted by Gasteiger charge is -2.34. The molecule has 0 saturated heterocycles. The van der Waals surface area contributed by atoms with Gasteiger partial charge in [-0.1, -0.05) is 48.7 Å². The van der Waals surface area contributed by atoms with Crippen LogP contribution in [0.4, 0.5) is 0 Å². The zero-order valence-electron chi connectivity index (χ0n) is 10.9. The third-order valence-electron chi connectivity index (χ3n) is 4.11. The number of nitrogens with one attached hydrogen (secondary N) is 1. The van der Waals surface area contributed by atoms with Crippen molar-refractivity contribution in [2.24, 2.45) is 11.8 Å². The van der Waals surface area contributed by atoms with Crippen LogP contribution in [0.3, 0.4) is 0 Å². The van der Waals surface area contributed by atoms with Crippen molar-refractivity contribution in [3.63, 3.8) is 0 Å². The Labute approximate surface area is 117 Å². The van der Waals surface area contributed by atoms with E-state index >= 15 is 0 Å². The monoisotopic (exact) mass is 309 g/mol. The Hall–Kier alpha value is -0.830. The summed E-state index contributed by atoms with van der Waals surface area (Å²) in [6, 6.07) is 7.87. The van der Waals surface area contributed by atoms with Crippen molar-refractivity contribution in [2.45, 2.75) is 39.2 Å². The Kier molecular flexibility index (Phi) is 4.44. The molecule has 1 amide bonds. The first kappa shape index (κ1) is 13.6. The Morgan fingerprint density at radius 3 is 2.83 bits per heavy atom. The molecule has 98 valence electrons. The second-order valence-corrected chi connectivity index (χ2v) is 6.27. The van der Waals surface area contributed by atoms with Crippen LogP contribution >= 0.6 is 15.9 Å². The van der Waals surface area contributed by atoms with E-state index in [1.165, 1.54) is 12.8 Å². The summed E-state index contributed by atoms with van der Waals surface area (Å²) in [5.41, 5.74) is 0.731. The van der Waals surface area contributed by atoms with Crippen LogP contribution in [0.2, 0.25) is 0 Å².